The summed E-state index contributed by atoms with van der Waals surface area (Å²) in [5, 5.41) is 9.09. The van der Waals surface area contributed by atoms with Gasteiger partial charge in [-0.2, -0.15) is 0 Å². The van der Waals surface area contributed by atoms with Crippen molar-refractivity contribution < 1.29 is 19.3 Å². The Morgan fingerprint density at radius 1 is 1.00 bits per heavy atom. The zero-order valence-electron chi connectivity index (χ0n) is 8.71. The average molecular weight is 192 g/mol. The van der Waals surface area contributed by atoms with Crippen molar-refractivity contribution in [3.05, 3.63) is 0 Å². The van der Waals surface area contributed by atoms with Crippen LogP contribution < -0.4 is 0 Å². The van der Waals surface area contributed by atoms with Crippen LogP contribution in [0.4, 0.5) is 0 Å². The standard InChI is InChI=1S/C9H20O4/c1-4-7-13-9(8-10,11-5-2)12-6-3/h10H,4-8H2,1-3H3. The van der Waals surface area contributed by atoms with Crippen LogP contribution in [0.5, 0.6) is 0 Å². The molecule has 0 aromatic carbocycles. The summed E-state index contributed by atoms with van der Waals surface area (Å²) in [6, 6.07) is 0. The number of hydrogen-bond acceptors (Lipinski definition) is 4. The highest BCUT2D eigenvalue weighted by Gasteiger charge is 2.31. The summed E-state index contributed by atoms with van der Waals surface area (Å²) >= 11 is 0. The summed E-state index contributed by atoms with van der Waals surface area (Å²) in [6.07, 6.45) is 0.863. The van der Waals surface area contributed by atoms with Crippen molar-refractivity contribution in [2.75, 3.05) is 26.4 Å². The molecule has 0 aromatic rings. The van der Waals surface area contributed by atoms with E-state index in [9.17, 15) is 0 Å². The lowest BCUT2D eigenvalue weighted by Gasteiger charge is -2.30. The van der Waals surface area contributed by atoms with Gasteiger partial charge >= 0.3 is 5.97 Å². The minimum absolute atomic E-state index is 0.283. The van der Waals surface area contributed by atoms with Gasteiger partial charge < -0.3 is 19.3 Å². The lowest BCUT2D eigenvalue weighted by Crippen LogP contribution is -2.43. The second-order valence-electron chi connectivity index (χ2n) is 2.56. The molecule has 0 saturated heterocycles. The first kappa shape index (κ1) is 12.8. The highest BCUT2D eigenvalue weighted by molar-refractivity contribution is 4.54. The van der Waals surface area contributed by atoms with Crippen molar-refractivity contribution in [2.45, 2.75) is 33.2 Å². The maximum atomic E-state index is 9.09. The molecule has 0 radical (unpaired) electrons. The van der Waals surface area contributed by atoms with Crippen molar-refractivity contribution in [2.24, 2.45) is 0 Å². The molecule has 0 fully saturated rings. The quantitative estimate of drug-likeness (QED) is 0.586. The Morgan fingerprint density at radius 2 is 1.54 bits per heavy atom. The zero-order chi connectivity index (χ0) is 10.2. The SMILES string of the molecule is CCCOC(CO)(OCC)OCC. The van der Waals surface area contributed by atoms with Gasteiger partial charge in [-0.05, 0) is 20.3 Å². The molecule has 0 saturated carbocycles. The molecular formula is C9H20O4. The maximum Gasteiger partial charge on any atom is 0.307 e. The lowest BCUT2D eigenvalue weighted by molar-refractivity contribution is -0.389. The fourth-order valence-corrected chi connectivity index (χ4v) is 0.959. The van der Waals surface area contributed by atoms with Crippen molar-refractivity contribution in [3.8, 4) is 0 Å². The summed E-state index contributed by atoms with van der Waals surface area (Å²) < 4.78 is 15.8. The molecule has 0 spiro atoms. The van der Waals surface area contributed by atoms with Crippen molar-refractivity contribution in [3.63, 3.8) is 0 Å². The highest BCUT2D eigenvalue weighted by atomic mass is 16.9. The third kappa shape index (κ3) is 4.57. The monoisotopic (exact) mass is 192 g/mol. The molecule has 4 heteroatoms. The molecule has 0 aromatic heterocycles. The van der Waals surface area contributed by atoms with E-state index >= 15 is 0 Å². The molecule has 0 unspecified atom stereocenters. The van der Waals surface area contributed by atoms with E-state index in [0.29, 0.717) is 19.8 Å². The van der Waals surface area contributed by atoms with Crippen LogP contribution in [0.3, 0.4) is 0 Å². The number of hydrogen-bond donors (Lipinski definition) is 1. The van der Waals surface area contributed by atoms with Crippen molar-refractivity contribution >= 4 is 0 Å². The normalized spacial score (nSPS) is 12.0. The van der Waals surface area contributed by atoms with E-state index in [1.165, 1.54) is 0 Å². The van der Waals surface area contributed by atoms with E-state index < -0.39 is 5.97 Å². The lowest BCUT2D eigenvalue weighted by atomic mass is 10.5. The molecule has 0 aliphatic rings. The zero-order valence-corrected chi connectivity index (χ0v) is 8.71. The summed E-state index contributed by atoms with van der Waals surface area (Å²) in [6.45, 7) is 6.78. The maximum absolute atomic E-state index is 9.09. The third-order valence-electron chi connectivity index (χ3n) is 1.45. The molecule has 0 atom stereocenters. The van der Waals surface area contributed by atoms with Crippen molar-refractivity contribution in [1.29, 1.82) is 0 Å². The molecule has 0 bridgehead atoms. The number of ether oxygens (including phenoxy) is 3. The van der Waals surface area contributed by atoms with E-state index in [0.717, 1.165) is 6.42 Å². The predicted molar refractivity (Wildman–Crippen MR) is 49.3 cm³/mol. The molecule has 0 heterocycles. The molecule has 0 amide bonds. The molecule has 13 heavy (non-hydrogen) atoms. The van der Waals surface area contributed by atoms with Gasteiger partial charge in [-0.15, -0.1) is 0 Å². The second-order valence-corrected chi connectivity index (χ2v) is 2.56. The van der Waals surface area contributed by atoms with Gasteiger partial charge in [-0.25, -0.2) is 0 Å². The van der Waals surface area contributed by atoms with Gasteiger partial charge in [0.15, 0.2) is 0 Å². The van der Waals surface area contributed by atoms with E-state index in [1.54, 1.807) is 0 Å². The van der Waals surface area contributed by atoms with Gasteiger partial charge in [-0.3, -0.25) is 0 Å². The Kier molecular flexibility index (Phi) is 7.17. The Hall–Kier alpha value is -0.160. The summed E-state index contributed by atoms with van der Waals surface area (Å²) in [7, 11) is 0. The van der Waals surface area contributed by atoms with Crippen LogP contribution in [0.25, 0.3) is 0 Å². The Balaban J connectivity index is 4.07. The summed E-state index contributed by atoms with van der Waals surface area (Å²) in [4.78, 5) is 0. The van der Waals surface area contributed by atoms with Crippen LogP contribution in [0.15, 0.2) is 0 Å². The molecule has 0 aliphatic carbocycles. The molecule has 0 aliphatic heterocycles. The predicted octanol–water partition coefficient (Wildman–Crippen LogP) is 1.13. The van der Waals surface area contributed by atoms with Gasteiger partial charge in [0.25, 0.3) is 0 Å². The summed E-state index contributed by atoms with van der Waals surface area (Å²) in [5.41, 5.74) is 0. The minimum Gasteiger partial charge on any atom is -0.388 e. The van der Waals surface area contributed by atoms with Crippen LogP contribution in [0.2, 0.25) is 0 Å². The van der Waals surface area contributed by atoms with Gasteiger partial charge in [0.2, 0.25) is 0 Å². The van der Waals surface area contributed by atoms with Crippen LogP contribution >= 0.6 is 0 Å². The fraction of sp³-hybridized carbons (Fsp3) is 1.00. The first-order valence-corrected chi connectivity index (χ1v) is 4.77. The van der Waals surface area contributed by atoms with Gasteiger partial charge in [0.1, 0.15) is 6.61 Å². The van der Waals surface area contributed by atoms with Gasteiger partial charge in [0.05, 0.1) is 6.61 Å². The Labute approximate surface area is 79.8 Å². The Morgan fingerprint density at radius 3 is 1.85 bits per heavy atom. The molecule has 0 rings (SSSR count). The smallest absolute Gasteiger partial charge is 0.307 e. The van der Waals surface area contributed by atoms with E-state index in [-0.39, 0.29) is 6.61 Å². The van der Waals surface area contributed by atoms with E-state index in [2.05, 4.69) is 0 Å². The van der Waals surface area contributed by atoms with Gasteiger partial charge in [-0.1, -0.05) is 6.92 Å². The second kappa shape index (κ2) is 7.26. The van der Waals surface area contributed by atoms with E-state index in [1.807, 2.05) is 20.8 Å². The Bertz CT molecular complexity index is 110. The van der Waals surface area contributed by atoms with Gasteiger partial charge in [0, 0.05) is 13.2 Å². The first-order valence-electron chi connectivity index (χ1n) is 4.77. The van der Waals surface area contributed by atoms with Crippen LogP contribution in [0, 0.1) is 0 Å². The van der Waals surface area contributed by atoms with Crippen LogP contribution in [0.1, 0.15) is 27.2 Å². The van der Waals surface area contributed by atoms with Crippen LogP contribution in [-0.4, -0.2) is 37.5 Å². The number of aliphatic hydroxyl groups excluding tert-OH is 1. The minimum atomic E-state index is -1.25. The molecule has 80 valence electrons. The first-order chi connectivity index (χ1) is 6.24. The van der Waals surface area contributed by atoms with E-state index in [4.69, 9.17) is 19.3 Å². The van der Waals surface area contributed by atoms with Crippen LogP contribution in [-0.2, 0) is 14.2 Å². The number of aliphatic hydroxyl groups is 1. The summed E-state index contributed by atoms with van der Waals surface area (Å²) in [5.74, 6) is -1.25. The number of rotatable bonds is 8. The molecular weight excluding hydrogens is 172 g/mol. The molecule has 4 nitrogen and oxygen atoms in total. The largest absolute Gasteiger partial charge is 0.388 e. The fourth-order valence-electron chi connectivity index (χ4n) is 0.959. The third-order valence-corrected chi connectivity index (χ3v) is 1.45. The highest BCUT2D eigenvalue weighted by Crippen LogP contribution is 2.14. The van der Waals surface area contributed by atoms with Crippen molar-refractivity contribution in [1.82, 2.24) is 0 Å². The topological polar surface area (TPSA) is 47.9 Å². The average Bonchev–Trinajstić information content (AvgIpc) is 2.15. The molecule has 1 N–H and O–H groups in total.